The number of aromatic hydroxyl groups is 1. The number of nitro benzene ring substituents is 1. The third-order valence-corrected chi connectivity index (χ3v) is 3.54. The molecule has 23 heavy (non-hydrogen) atoms. The molecule has 0 saturated carbocycles. The molecule has 0 aliphatic heterocycles. The second kappa shape index (κ2) is 5.53. The third kappa shape index (κ3) is 2.64. The second-order valence-corrected chi connectivity index (χ2v) is 5.27. The summed E-state index contributed by atoms with van der Waals surface area (Å²) in [4.78, 5) is 13.3. The lowest BCUT2D eigenvalue weighted by Gasteiger charge is -1.99. The molecule has 3 rings (SSSR count). The maximum absolute atomic E-state index is 11.0. The smallest absolute Gasteiger partial charge is 0.296 e. The fourth-order valence-corrected chi connectivity index (χ4v) is 2.53. The minimum atomic E-state index is -0.516. The average molecular weight is 310 g/mol. The highest BCUT2D eigenvalue weighted by Crippen LogP contribution is 2.39. The molecule has 0 fully saturated rings. The molecule has 1 aromatic heterocycles. The summed E-state index contributed by atoms with van der Waals surface area (Å²) in [6.07, 6.45) is 0. The number of azo groups is 1. The van der Waals surface area contributed by atoms with Crippen molar-refractivity contribution in [3.63, 3.8) is 0 Å². The predicted octanol–water partition coefficient (Wildman–Crippen LogP) is 4.81. The number of hydrogen-bond acceptors (Lipinski definition) is 5. The summed E-state index contributed by atoms with van der Waals surface area (Å²) in [6, 6.07) is 9.94. The van der Waals surface area contributed by atoms with Gasteiger partial charge in [-0.05, 0) is 31.5 Å². The molecule has 0 saturated heterocycles. The van der Waals surface area contributed by atoms with Crippen LogP contribution in [0.4, 0.5) is 17.1 Å². The molecule has 0 aliphatic carbocycles. The summed E-state index contributed by atoms with van der Waals surface area (Å²) < 4.78 is 0. The van der Waals surface area contributed by atoms with Crippen LogP contribution in [0.1, 0.15) is 11.1 Å². The first-order chi connectivity index (χ1) is 11.0. The van der Waals surface area contributed by atoms with Crippen LogP contribution in [0.2, 0.25) is 0 Å². The van der Waals surface area contributed by atoms with Crippen molar-refractivity contribution in [3.05, 3.63) is 57.6 Å². The number of nitro groups is 1. The fourth-order valence-electron chi connectivity index (χ4n) is 2.53. The molecule has 116 valence electrons. The molecule has 0 spiro atoms. The van der Waals surface area contributed by atoms with Crippen LogP contribution in [-0.4, -0.2) is 15.0 Å². The van der Waals surface area contributed by atoms with Crippen molar-refractivity contribution in [1.82, 2.24) is 4.98 Å². The summed E-state index contributed by atoms with van der Waals surface area (Å²) in [7, 11) is 0. The fraction of sp³-hybridized carbons (Fsp3) is 0.125. The van der Waals surface area contributed by atoms with Crippen LogP contribution in [0.3, 0.4) is 0 Å². The Morgan fingerprint density at radius 3 is 2.65 bits per heavy atom. The highest BCUT2D eigenvalue weighted by molar-refractivity contribution is 5.96. The van der Waals surface area contributed by atoms with Crippen molar-refractivity contribution in [2.75, 3.05) is 0 Å². The van der Waals surface area contributed by atoms with Crippen LogP contribution in [-0.2, 0) is 0 Å². The highest BCUT2D eigenvalue weighted by atomic mass is 16.6. The third-order valence-electron chi connectivity index (χ3n) is 3.54. The van der Waals surface area contributed by atoms with Gasteiger partial charge < -0.3 is 10.1 Å². The van der Waals surface area contributed by atoms with E-state index in [1.54, 1.807) is 12.1 Å². The zero-order chi connectivity index (χ0) is 16.6. The van der Waals surface area contributed by atoms with E-state index in [4.69, 9.17) is 0 Å². The second-order valence-electron chi connectivity index (χ2n) is 5.27. The molecule has 0 aliphatic rings. The van der Waals surface area contributed by atoms with Crippen molar-refractivity contribution >= 4 is 28.0 Å². The van der Waals surface area contributed by atoms with Gasteiger partial charge in [-0.3, -0.25) is 10.1 Å². The predicted molar refractivity (Wildman–Crippen MR) is 86.7 cm³/mol. The van der Waals surface area contributed by atoms with Gasteiger partial charge in [0.25, 0.3) is 5.69 Å². The lowest BCUT2D eigenvalue weighted by Crippen LogP contribution is -1.86. The molecule has 2 aromatic carbocycles. The van der Waals surface area contributed by atoms with Gasteiger partial charge in [0.15, 0.2) is 11.4 Å². The zero-order valence-electron chi connectivity index (χ0n) is 12.6. The van der Waals surface area contributed by atoms with Gasteiger partial charge in [0.05, 0.1) is 10.4 Å². The molecular formula is C16H14N4O3. The van der Waals surface area contributed by atoms with Crippen molar-refractivity contribution < 1.29 is 10.0 Å². The summed E-state index contributed by atoms with van der Waals surface area (Å²) in [5, 5.41) is 29.8. The van der Waals surface area contributed by atoms with Crippen molar-refractivity contribution in [3.8, 4) is 5.88 Å². The lowest BCUT2D eigenvalue weighted by atomic mass is 10.1. The molecule has 7 heteroatoms. The maximum atomic E-state index is 11.0. The molecule has 0 bridgehead atoms. The van der Waals surface area contributed by atoms with Crippen LogP contribution < -0.4 is 0 Å². The SMILES string of the molecule is Cc1cc(C)c2[nH]c(O)c(N=Nc3ccccc3[N+](=O)[O-])c2c1. The van der Waals surface area contributed by atoms with E-state index in [-0.39, 0.29) is 22.9 Å². The normalized spacial score (nSPS) is 11.4. The van der Waals surface area contributed by atoms with E-state index < -0.39 is 4.92 Å². The van der Waals surface area contributed by atoms with E-state index in [1.165, 1.54) is 12.1 Å². The van der Waals surface area contributed by atoms with Crippen molar-refractivity contribution in [2.45, 2.75) is 13.8 Å². The summed E-state index contributed by atoms with van der Waals surface area (Å²) >= 11 is 0. The van der Waals surface area contributed by atoms with Gasteiger partial charge in [-0.15, -0.1) is 10.2 Å². The number of para-hydroxylation sites is 1. The summed E-state index contributed by atoms with van der Waals surface area (Å²) in [5.41, 5.74) is 3.03. The number of aromatic nitrogens is 1. The van der Waals surface area contributed by atoms with Gasteiger partial charge in [0.2, 0.25) is 5.88 Å². The Balaban J connectivity index is 2.12. The Labute approximate surface area is 131 Å². The van der Waals surface area contributed by atoms with Gasteiger partial charge in [-0.2, -0.15) is 0 Å². The number of aromatic amines is 1. The van der Waals surface area contributed by atoms with E-state index >= 15 is 0 Å². The monoisotopic (exact) mass is 310 g/mol. The van der Waals surface area contributed by atoms with E-state index in [2.05, 4.69) is 15.2 Å². The van der Waals surface area contributed by atoms with Gasteiger partial charge in [-0.1, -0.05) is 23.8 Å². The van der Waals surface area contributed by atoms with Crippen molar-refractivity contribution in [1.29, 1.82) is 0 Å². The zero-order valence-corrected chi connectivity index (χ0v) is 12.6. The molecular weight excluding hydrogens is 296 g/mol. The Morgan fingerprint density at radius 2 is 1.91 bits per heavy atom. The Hall–Kier alpha value is -3.22. The number of nitrogens with zero attached hydrogens (tertiary/aromatic N) is 3. The lowest BCUT2D eigenvalue weighted by molar-refractivity contribution is -0.384. The molecule has 0 unspecified atom stereocenters. The maximum Gasteiger partial charge on any atom is 0.296 e. The number of H-pyrrole nitrogens is 1. The van der Waals surface area contributed by atoms with Gasteiger partial charge in [0, 0.05) is 11.5 Å². The average Bonchev–Trinajstić information content (AvgIpc) is 2.81. The number of rotatable bonds is 3. The number of benzene rings is 2. The minimum Gasteiger partial charge on any atom is -0.493 e. The number of fused-ring (bicyclic) bond motifs is 1. The van der Waals surface area contributed by atoms with E-state index in [0.29, 0.717) is 0 Å². The molecule has 2 N–H and O–H groups in total. The molecule has 1 heterocycles. The summed E-state index contributed by atoms with van der Waals surface area (Å²) in [6.45, 7) is 3.87. The van der Waals surface area contributed by atoms with Gasteiger partial charge >= 0.3 is 0 Å². The van der Waals surface area contributed by atoms with Crippen LogP contribution in [0, 0.1) is 24.0 Å². The molecule has 7 nitrogen and oxygen atoms in total. The first-order valence-electron chi connectivity index (χ1n) is 6.94. The quantitative estimate of drug-likeness (QED) is 0.412. The highest BCUT2D eigenvalue weighted by Gasteiger charge is 2.15. The van der Waals surface area contributed by atoms with Gasteiger partial charge in [-0.25, -0.2) is 0 Å². The molecule has 0 atom stereocenters. The number of aryl methyl sites for hydroxylation is 2. The van der Waals surface area contributed by atoms with Gasteiger partial charge in [0.1, 0.15) is 0 Å². The Kier molecular flexibility index (Phi) is 3.53. The van der Waals surface area contributed by atoms with Crippen LogP contribution in [0.15, 0.2) is 46.6 Å². The van der Waals surface area contributed by atoms with Crippen LogP contribution >= 0.6 is 0 Å². The minimum absolute atomic E-state index is 0.115. The van der Waals surface area contributed by atoms with Crippen molar-refractivity contribution in [2.24, 2.45) is 10.2 Å². The molecule has 0 amide bonds. The number of nitrogens with one attached hydrogen (secondary N) is 1. The van der Waals surface area contributed by atoms with E-state index in [0.717, 1.165) is 22.0 Å². The first-order valence-corrected chi connectivity index (χ1v) is 6.94. The van der Waals surface area contributed by atoms with Crippen LogP contribution in [0.5, 0.6) is 5.88 Å². The number of hydrogen-bond donors (Lipinski definition) is 2. The molecule has 0 radical (unpaired) electrons. The largest absolute Gasteiger partial charge is 0.493 e. The first kappa shape index (κ1) is 14.7. The topological polar surface area (TPSA) is 104 Å². The Bertz CT molecular complexity index is 944. The van der Waals surface area contributed by atoms with Crippen LogP contribution in [0.25, 0.3) is 10.9 Å². The van der Waals surface area contributed by atoms with E-state index in [9.17, 15) is 15.2 Å². The summed E-state index contributed by atoms with van der Waals surface area (Å²) in [5.74, 6) is -0.115. The van der Waals surface area contributed by atoms with E-state index in [1.807, 2.05) is 26.0 Å². The standard InChI is InChI=1S/C16H14N4O3/c1-9-7-10(2)14-11(8-9)15(16(21)17-14)19-18-12-5-3-4-6-13(12)20(22)23/h3-8,17,21H,1-2H3. The molecule has 3 aromatic rings. The Morgan fingerprint density at radius 1 is 1.17 bits per heavy atom.